The van der Waals surface area contributed by atoms with Crippen LogP contribution in [0.25, 0.3) is 16.4 Å². The Hall–Kier alpha value is -1.72. The van der Waals surface area contributed by atoms with Crippen molar-refractivity contribution >= 4 is 22.9 Å². The van der Waals surface area contributed by atoms with Gasteiger partial charge in [-0.05, 0) is 29.6 Å². The summed E-state index contributed by atoms with van der Waals surface area (Å²) in [6.07, 6.45) is 0. The molecule has 1 aromatic carbocycles. The molecule has 2 heterocycles. The maximum atomic E-state index is 13.4. The Morgan fingerprint density at radius 2 is 2.11 bits per heavy atom. The highest BCUT2D eigenvalue weighted by Gasteiger charge is 2.15. The molecule has 0 saturated carbocycles. The average Bonchev–Trinajstić information content (AvgIpc) is 3.07. The van der Waals surface area contributed by atoms with Gasteiger partial charge in [0.15, 0.2) is 11.6 Å². The molecule has 19 heavy (non-hydrogen) atoms. The highest BCUT2D eigenvalue weighted by atomic mass is 35.5. The second-order valence-electron chi connectivity index (χ2n) is 3.87. The summed E-state index contributed by atoms with van der Waals surface area (Å²) in [5, 5.41) is 10.2. The molecule has 0 saturated heterocycles. The van der Waals surface area contributed by atoms with Crippen LogP contribution in [-0.2, 0) is 5.88 Å². The lowest BCUT2D eigenvalue weighted by Crippen LogP contribution is -2.01. The van der Waals surface area contributed by atoms with E-state index in [1.807, 2.05) is 17.5 Å². The third-order valence-electron chi connectivity index (χ3n) is 2.66. The van der Waals surface area contributed by atoms with Crippen LogP contribution in [0.5, 0.6) is 0 Å². The van der Waals surface area contributed by atoms with E-state index in [9.17, 15) is 4.39 Å². The number of thiophene rings is 1. The van der Waals surface area contributed by atoms with E-state index < -0.39 is 0 Å². The van der Waals surface area contributed by atoms with Crippen LogP contribution < -0.4 is 0 Å². The van der Waals surface area contributed by atoms with Crippen molar-refractivity contribution in [2.45, 2.75) is 5.88 Å². The van der Waals surface area contributed by atoms with E-state index in [-0.39, 0.29) is 11.7 Å². The van der Waals surface area contributed by atoms with Gasteiger partial charge in [-0.3, -0.25) is 4.57 Å². The predicted molar refractivity (Wildman–Crippen MR) is 74.2 cm³/mol. The highest BCUT2D eigenvalue weighted by Crippen LogP contribution is 2.27. The summed E-state index contributed by atoms with van der Waals surface area (Å²) < 4.78 is 15.2. The van der Waals surface area contributed by atoms with E-state index in [2.05, 4.69) is 10.2 Å². The third-order valence-corrected chi connectivity index (χ3v) is 3.76. The molecule has 0 radical (unpaired) electrons. The Morgan fingerprint density at radius 1 is 1.21 bits per heavy atom. The van der Waals surface area contributed by atoms with Crippen LogP contribution in [0.3, 0.4) is 0 Å². The number of hydrogen-bond acceptors (Lipinski definition) is 3. The van der Waals surface area contributed by atoms with Crippen LogP contribution >= 0.6 is 22.9 Å². The molecular formula is C13H9ClFN3S. The first-order chi connectivity index (χ1) is 9.29. The minimum Gasteiger partial charge on any atom is -0.277 e. The molecule has 3 nitrogen and oxygen atoms in total. The van der Waals surface area contributed by atoms with Gasteiger partial charge in [0, 0.05) is 0 Å². The number of benzene rings is 1. The fourth-order valence-electron chi connectivity index (χ4n) is 1.86. The Kier molecular flexibility index (Phi) is 3.31. The van der Waals surface area contributed by atoms with Crippen LogP contribution in [-0.4, -0.2) is 14.8 Å². The molecule has 3 aromatic rings. The first-order valence-electron chi connectivity index (χ1n) is 5.59. The second kappa shape index (κ2) is 5.11. The molecular weight excluding hydrogens is 285 g/mol. The normalized spacial score (nSPS) is 10.8. The lowest BCUT2D eigenvalue weighted by Gasteiger charge is -2.08. The van der Waals surface area contributed by atoms with Gasteiger partial charge in [-0.2, -0.15) is 0 Å². The summed E-state index contributed by atoms with van der Waals surface area (Å²) in [4.78, 5) is 0.966. The van der Waals surface area contributed by atoms with Gasteiger partial charge in [0.1, 0.15) is 5.82 Å². The van der Waals surface area contributed by atoms with Crippen molar-refractivity contribution in [3.63, 3.8) is 0 Å². The Balaban J connectivity index is 2.21. The quantitative estimate of drug-likeness (QED) is 0.686. The summed E-state index contributed by atoms with van der Waals surface area (Å²) in [6.45, 7) is 0. The molecule has 0 N–H and O–H groups in total. The fraction of sp³-hybridized carbons (Fsp3) is 0.0769. The SMILES string of the molecule is Fc1cccc(-n2c(CCl)nnc2-c2cccs2)c1. The molecule has 0 amide bonds. The van der Waals surface area contributed by atoms with Gasteiger partial charge in [-0.25, -0.2) is 4.39 Å². The van der Waals surface area contributed by atoms with Gasteiger partial charge in [-0.1, -0.05) is 12.1 Å². The third kappa shape index (κ3) is 2.27. The monoisotopic (exact) mass is 293 g/mol. The Morgan fingerprint density at radius 3 is 2.79 bits per heavy atom. The smallest absolute Gasteiger partial charge is 0.178 e. The molecule has 3 rings (SSSR count). The van der Waals surface area contributed by atoms with Crippen LogP contribution in [0, 0.1) is 5.82 Å². The number of rotatable bonds is 3. The van der Waals surface area contributed by atoms with Gasteiger partial charge in [0.05, 0.1) is 16.4 Å². The standard InChI is InChI=1S/C13H9ClFN3S/c14-8-12-16-17-13(11-5-2-6-19-11)18(12)10-4-1-3-9(15)7-10/h1-7H,8H2. The maximum absolute atomic E-state index is 13.4. The molecule has 96 valence electrons. The zero-order chi connectivity index (χ0) is 13.2. The molecule has 0 bridgehead atoms. The van der Waals surface area contributed by atoms with Gasteiger partial charge >= 0.3 is 0 Å². The zero-order valence-corrected chi connectivity index (χ0v) is 11.3. The predicted octanol–water partition coefficient (Wildman–Crippen LogP) is 3.87. The van der Waals surface area contributed by atoms with E-state index in [1.165, 1.54) is 12.1 Å². The molecule has 6 heteroatoms. The number of halogens is 2. The van der Waals surface area contributed by atoms with E-state index in [4.69, 9.17) is 11.6 Å². The van der Waals surface area contributed by atoms with Crippen molar-refractivity contribution in [2.75, 3.05) is 0 Å². The first kappa shape index (κ1) is 12.3. The summed E-state index contributed by atoms with van der Waals surface area (Å²) in [6, 6.07) is 10.2. The van der Waals surface area contributed by atoms with Crippen molar-refractivity contribution < 1.29 is 4.39 Å². The van der Waals surface area contributed by atoms with Crippen LogP contribution in [0.1, 0.15) is 5.82 Å². The minimum atomic E-state index is -0.302. The van der Waals surface area contributed by atoms with Gasteiger partial charge < -0.3 is 0 Å². The topological polar surface area (TPSA) is 30.7 Å². The van der Waals surface area contributed by atoms with Crippen molar-refractivity contribution in [2.24, 2.45) is 0 Å². The Bertz CT molecular complexity index is 694. The second-order valence-corrected chi connectivity index (χ2v) is 5.08. The molecule has 0 aliphatic carbocycles. The number of alkyl halides is 1. The van der Waals surface area contributed by atoms with E-state index in [0.717, 1.165) is 4.88 Å². The molecule has 0 fully saturated rings. The molecule has 2 aromatic heterocycles. The van der Waals surface area contributed by atoms with Gasteiger partial charge in [-0.15, -0.1) is 33.1 Å². The van der Waals surface area contributed by atoms with Crippen molar-refractivity contribution in [3.05, 3.63) is 53.4 Å². The fourth-order valence-corrected chi connectivity index (χ4v) is 2.73. The molecule has 0 spiro atoms. The number of nitrogens with zero attached hydrogens (tertiary/aromatic N) is 3. The van der Waals surface area contributed by atoms with Gasteiger partial charge in [0.2, 0.25) is 0 Å². The van der Waals surface area contributed by atoms with Crippen LogP contribution in [0.2, 0.25) is 0 Å². The summed E-state index contributed by atoms with van der Waals surface area (Å²) in [5.74, 6) is 1.19. The summed E-state index contributed by atoms with van der Waals surface area (Å²) in [5.41, 5.74) is 0.670. The first-order valence-corrected chi connectivity index (χ1v) is 7.01. The van der Waals surface area contributed by atoms with Crippen molar-refractivity contribution in [1.82, 2.24) is 14.8 Å². The van der Waals surface area contributed by atoms with Crippen LogP contribution in [0.4, 0.5) is 4.39 Å². The number of aromatic nitrogens is 3. The Labute approximate surface area is 118 Å². The minimum absolute atomic E-state index is 0.217. The van der Waals surface area contributed by atoms with Crippen molar-refractivity contribution in [3.8, 4) is 16.4 Å². The average molecular weight is 294 g/mol. The number of hydrogen-bond donors (Lipinski definition) is 0. The van der Waals surface area contributed by atoms with E-state index >= 15 is 0 Å². The lowest BCUT2D eigenvalue weighted by atomic mass is 10.3. The molecule has 0 unspecified atom stereocenters. The molecule has 0 aliphatic rings. The van der Waals surface area contributed by atoms with E-state index in [1.54, 1.807) is 28.0 Å². The lowest BCUT2D eigenvalue weighted by molar-refractivity contribution is 0.626. The summed E-state index contributed by atoms with van der Waals surface area (Å²) >= 11 is 7.44. The van der Waals surface area contributed by atoms with Crippen molar-refractivity contribution in [1.29, 1.82) is 0 Å². The van der Waals surface area contributed by atoms with E-state index in [0.29, 0.717) is 17.3 Å². The van der Waals surface area contributed by atoms with Gasteiger partial charge in [0.25, 0.3) is 0 Å². The zero-order valence-electron chi connectivity index (χ0n) is 9.75. The van der Waals surface area contributed by atoms with Crippen LogP contribution in [0.15, 0.2) is 41.8 Å². The molecule has 0 atom stereocenters. The maximum Gasteiger partial charge on any atom is 0.178 e. The molecule has 0 aliphatic heterocycles. The summed E-state index contributed by atoms with van der Waals surface area (Å²) in [7, 11) is 0. The highest BCUT2D eigenvalue weighted by molar-refractivity contribution is 7.13. The largest absolute Gasteiger partial charge is 0.277 e.